The van der Waals surface area contributed by atoms with Gasteiger partial charge in [0.1, 0.15) is 0 Å². The maximum absolute atomic E-state index is 5.51. The molecule has 70 valence electrons. The fraction of sp³-hybridized carbons (Fsp3) is 1.00. The second-order valence-electron chi connectivity index (χ2n) is 4.16. The molecule has 1 aliphatic heterocycles. The molecule has 1 heterocycles. The topological polar surface area (TPSA) is 21.3 Å². The zero-order valence-corrected chi connectivity index (χ0v) is 7.88. The first-order valence-corrected chi connectivity index (χ1v) is 5.21. The van der Waals surface area contributed by atoms with E-state index >= 15 is 0 Å². The Kier molecular flexibility index (Phi) is 2.66. The molecular weight excluding hydrogens is 150 g/mol. The largest absolute Gasteiger partial charge is 0.378 e. The average molecular weight is 169 g/mol. The van der Waals surface area contributed by atoms with Crippen LogP contribution in [0.25, 0.3) is 0 Å². The lowest BCUT2D eigenvalue weighted by Gasteiger charge is -2.28. The van der Waals surface area contributed by atoms with Gasteiger partial charge in [-0.2, -0.15) is 0 Å². The van der Waals surface area contributed by atoms with Crippen LogP contribution < -0.4 is 5.32 Å². The summed E-state index contributed by atoms with van der Waals surface area (Å²) in [4.78, 5) is 0. The van der Waals surface area contributed by atoms with Crippen molar-refractivity contribution in [1.29, 1.82) is 0 Å². The molecule has 12 heavy (non-hydrogen) atoms. The normalized spacial score (nSPS) is 36.8. The van der Waals surface area contributed by atoms with Crippen LogP contribution in [0.2, 0.25) is 0 Å². The summed E-state index contributed by atoms with van der Waals surface area (Å²) >= 11 is 0. The summed E-state index contributed by atoms with van der Waals surface area (Å²) in [5.41, 5.74) is 0. The van der Waals surface area contributed by atoms with Gasteiger partial charge in [0.2, 0.25) is 0 Å². The Hall–Kier alpha value is -0.0800. The lowest BCUT2D eigenvalue weighted by molar-refractivity contribution is 0.104. The highest BCUT2D eigenvalue weighted by Crippen LogP contribution is 2.22. The second kappa shape index (κ2) is 3.75. The van der Waals surface area contributed by atoms with Gasteiger partial charge in [-0.3, -0.25) is 0 Å². The van der Waals surface area contributed by atoms with Gasteiger partial charge in [0.05, 0.1) is 6.10 Å². The van der Waals surface area contributed by atoms with Gasteiger partial charge in [0.15, 0.2) is 0 Å². The monoisotopic (exact) mass is 169 g/mol. The molecule has 2 nitrogen and oxygen atoms in total. The van der Waals surface area contributed by atoms with Gasteiger partial charge in [-0.05, 0) is 32.1 Å². The van der Waals surface area contributed by atoms with Gasteiger partial charge in [-0.25, -0.2) is 0 Å². The molecule has 0 spiro atoms. The molecule has 1 saturated carbocycles. The summed E-state index contributed by atoms with van der Waals surface area (Å²) < 4.78 is 5.51. The molecule has 0 aromatic rings. The molecule has 2 atom stereocenters. The minimum absolute atomic E-state index is 0.484. The summed E-state index contributed by atoms with van der Waals surface area (Å²) in [5, 5.41) is 3.61. The zero-order valence-electron chi connectivity index (χ0n) is 7.88. The van der Waals surface area contributed by atoms with Crippen molar-refractivity contribution in [1.82, 2.24) is 5.32 Å². The molecule has 0 aromatic heterocycles. The first-order chi connectivity index (χ1) is 5.86. The fourth-order valence-corrected chi connectivity index (χ4v) is 1.97. The lowest BCUT2D eigenvalue weighted by Crippen LogP contribution is -2.39. The second-order valence-corrected chi connectivity index (χ2v) is 4.16. The number of ether oxygens (including phenoxy) is 1. The lowest BCUT2D eigenvalue weighted by atomic mass is 9.92. The van der Waals surface area contributed by atoms with Gasteiger partial charge in [0, 0.05) is 19.2 Å². The molecule has 2 aliphatic rings. The van der Waals surface area contributed by atoms with Crippen LogP contribution in [0, 0.1) is 5.92 Å². The van der Waals surface area contributed by atoms with E-state index in [1.807, 2.05) is 0 Å². The molecule has 2 rings (SSSR count). The molecule has 1 aliphatic carbocycles. The number of nitrogens with one attached hydrogen (secondary N) is 1. The highest BCUT2D eigenvalue weighted by Gasteiger charge is 2.25. The van der Waals surface area contributed by atoms with E-state index in [4.69, 9.17) is 4.74 Å². The van der Waals surface area contributed by atoms with E-state index in [1.54, 1.807) is 0 Å². The van der Waals surface area contributed by atoms with Crippen molar-refractivity contribution < 1.29 is 4.74 Å². The first kappa shape index (κ1) is 8.52. The van der Waals surface area contributed by atoms with Crippen LogP contribution in [0.5, 0.6) is 0 Å². The third-order valence-electron chi connectivity index (χ3n) is 3.31. The van der Waals surface area contributed by atoms with Crippen molar-refractivity contribution >= 4 is 0 Å². The summed E-state index contributed by atoms with van der Waals surface area (Å²) in [6.07, 6.45) is 5.94. The van der Waals surface area contributed by atoms with Gasteiger partial charge in [-0.1, -0.05) is 6.42 Å². The van der Waals surface area contributed by atoms with Crippen LogP contribution in [0.4, 0.5) is 0 Å². The van der Waals surface area contributed by atoms with Crippen molar-refractivity contribution in [3.8, 4) is 0 Å². The van der Waals surface area contributed by atoms with E-state index in [0.29, 0.717) is 6.10 Å². The number of hydrogen-bond acceptors (Lipinski definition) is 2. The third kappa shape index (κ3) is 1.80. The van der Waals surface area contributed by atoms with Crippen LogP contribution in [0.15, 0.2) is 0 Å². The Labute approximate surface area is 74.7 Å². The molecule has 0 amide bonds. The Balaban J connectivity index is 1.64. The summed E-state index contributed by atoms with van der Waals surface area (Å²) in [6, 6.07) is 0.831. The predicted octanol–water partition coefficient (Wildman–Crippen LogP) is 1.55. The van der Waals surface area contributed by atoms with Crippen LogP contribution in [0.3, 0.4) is 0 Å². The SMILES string of the molecule is CC1OCCC1CNC1CCC1. The predicted molar refractivity (Wildman–Crippen MR) is 49.2 cm³/mol. The molecule has 1 saturated heterocycles. The number of rotatable bonds is 3. The number of hydrogen-bond donors (Lipinski definition) is 1. The Bertz CT molecular complexity index is 145. The van der Waals surface area contributed by atoms with Crippen molar-refractivity contribution in [2.45, 2.75) is 44.8 Å². The fourth-order valence-electron chi connectivity index (χ4n) is 1.97. The van der Waals surface area contributed by atoms with Crippen molar-refractivity contribution in [3.63, 3.8) is 0 Å². The maximum atomic E-state index is 5.51. The minimum Gasteiger partial charge on any atom is -0.378 e. The Morgan fingerprint density at radius 3 is 2.67 bits per heavy atom. The summed E-state index contributed by atoms with van der Waals surface area (Å²) in [7, 11) is 0. The van der Waals surface area contributed by atoms with Gasteiger partial charge >= 0.3 is 0 Å². The van der Waals surface area contributed by atoms with Gasteiger partial charge in [-0.15, -0.1) is 0 Å². The standard InChI is InChI=1S/C10H19NO/c1-8-9(5-6-12-8)7-11-10-3-2-4-10/h8-11H,2-7H2,1H3. The van der Waals surface area contributed by atoms with E-state index in [0.717, 1.165) is 18.6 Å². The molecule has 2 fully saturated rings. The first-order valence-electron chi connectivity index (χ1n) is 5.21. The van der Waals surface area contributed by atoms with Crippen molar-refractivity contribution in [2.24, 2.45) is 5.92 Å². The van der Waals surface area contributed by atoms with Gasteiger partial charge < -0.3 is 10.1 Å². The van der Waals surface area contributed by atoms with Crippen molar-refractivity contribution in [3.05, 3.63) is 0 Å². The average Bonchev–Trinajstić information content (AvgIpc) is 2.33. The van der Waals surface area contributed by atoms with E-state index in [2.05, 4.69) is 12.2 Å². The van der Waals surface area contributed by atoms with Crippen LogP contribution >= 0.6 is 0 Å². The Morgan fingerprint density at radius 2 is 2.17 bits per heavy atom. The molecular formula is C10H19NO. The van der Waals surface area contributed by atoms with Crippen LogP contribution in [0.1, 0.15) is 32.6 Å². The quantitative estimate of drug-likeness (QED) is 0.692. The third-order valence-corrected chi connectivity index (χ3v) is 3.31. The minimum atomic E-state index is 0.484. The van der Waals surface area contributed by atoms with E-state index in [1.165, 1.54) is 32.2 Å². The molecule has 2 heteroatoms. The van der Waals surface area contributed by atoms with E-state index in [9.17, 15) is 0 Å². The maximum Gasteiger partial charge on any atom is 0.0588 e. The van der Waals surface area contributed by atoms with Gasteiger partial charge in [0.25, 0.3) is 0 Å². The molecule has 0 aromatic carbocycles. The molecule has 0 radical (unpaired) electrons. The molecule has 1 N–H and O–H groups in total. The molecule has 0 bridgehead atoms. The highest BCUT2D eigenvalue weighted by molar-refractivity contribution is 4.80. The summed E-state index contributed by atoms with van der Waals surface area (Å²) in [6.45, 7) is 4.34. The van der Waals surface area contributed by atoms with E-state index < -0.39 is 0 Å². The summed E-state index contributed by atoms with van der Waals surface area (Å²) in [5.74, 6) is 0.769. The highest BCUT2D eigenvalue weighted by atomic mass is 16.5. The van der Waals surface area contributed by atoms with Crippen molar-refractivity contribution in [2.75, 3.05) is 13.2 Å². The Morgan fingerprint density at radius 1 is 1.33 bits per heavy atom. The van der Waals surface area contributed by atoms with Crippen LogP contribution in [-0.2, 0) is 4.74 Å². The van der Waals surface area contributed by atoms with Crippen LogP contribution in [-0.4, -0.2) is 25.3 Å². The zero-order chi connectivity index (χ0) is 8.39. The smallest absolute Gasteiger partial charge is 0.0588 e. The van der Waals surface area contributed by atoms with E-state index in [-0.39, 0.29) is 0 Å². The molecule has 2 unspecified atom stereocenters.